The minimum Gasteiger partial charge on any atom is -0.476 e. The number of allylic oxidation sites excluding steroid dienone is 3. The number of ether oxygens (including phenoxy) is 1. The van der Waals surface area contributed by atoms with E-state index in [1.165, 1.54) is 6.08 Å². The molecule has 1 N–H and O–H groups in total. The zero-order valence-electron chi connectivity index (χ0n) is 9.40. The van der Waals surface area contributed by atoms with Gasteiger partial charge in [0.05, 0.1) is 5.54 Å². The molecule has 2 aliphatic rings. The van der Waals surface area contributed by atoms with Gasteiger partial charge in [-0.2, -0.15) is 0 Å². The second kappa shape index (κ2) is 3.73. The molecule has 1 radical (unpaired) electrons. The van der Waals surface area contributed by atoms with Crippen molar-refractivity contribution in [1.29, 1.82) is 0 Å². The fraction of sp³-hybridized carbons (Fsp3) is 0.545. The molecular formula is C11H14BFNO2. The minimum atomic E-state index is -1.73. The van der Waals surface area contributed by atoms with Crippen molar-refractivity contribution in [3.8, 4) is 0 Å². The highest BCUT2D eigenvalue weighted by Gasteiger charge is 2.42. The molecule has 1 aliphatic heterocycles. The van der Waals surface area contributed by atoms with E-state index in [0.717, 1.165) is 7.48 Å². The zero-order valence-corrected chi connectivity index (χ0v) is 9.40. The summed E-state index contributed by atoms with van der Waals surface area (Å²) in [5, 5.41) is 8.89. The molecule has 1 aliphatic carbocycles. The van der Waals surface area contributed by atoms with Crippen LogP contribution < -0.4 is 0 Å². The van der Waals surface area contributed by atoms with Crippen molar-refractivity contribution < 1.29 is 14.2 Å². The van der Waals surface area contributed by atoms with E-state index in [1.807, 2.05) is 13.8 Å². The maximum atomic E-state index is 14.5. The van der Waals surface area contributed by atoms with Crippen LogP contribution in [-0.4, -0.2) is 36.2 Å². The fourth-order valence-corrected chi connectivity index (χ4v) is 1.77. The van der Waals surface area contributed by atoms with Crippen LogP contribution in [0.5, 0.6) is 0 Å². The van der Waals surface area contributed by atoms with Crippen molar-refractivity contribution in [2.45, 2.75) is 31.5 Å². The molecule has 16 heavy (non-hydrogen) atoms. The van der Waals surface area contributed by atoms with E-state index in [4.69, 9.17) is 9.76 Å². The highest BCUT2D eigenvalue weighted by molar-refractivity contribution is 6.36. The van der Waals surface area contributed by atoms with Crippen LogP contribution in [0.4, 0.5) is 4.39 Å². The lowest BCUT2D eigenvalue weighted by Gasteiger charge is -2.24. The van der Waals surface area contributed by atoms with Crippen molar-refractivity contribution in [2.75, 3.05) is 6.61 Å². The summed E-state index contributed by atoms with van der Waals surface area (Å²) in [4.78, 5) is 4.23. The Balaban J connectivity index is 2.23. The summed E-state index contributed by atoms with van der Waals surface area (Å²) >= 11 is 0. The number of aliphatic imine (C=N–C) groups is 1. The number of hydrogen-bond donors (Lipinski definition) is 1. The summed E-state index contributed by atoms with van der Waals surface area (Å²) in [6, 6.07) is 0. The second-order valence-corrected chi connectivity index (χ2v) is 4.79. The predicted molar refractivity (Wildman–Crippen MR) is 61.1 cm³/mol. The van der Waals surface area contributed by atoms with Crippen LogP contribution in [0.3, 0.4) is 0 Å². The standard InChI is InChI=1S/C11H14BFNO2/c1-10(2)7-16-9(14-10)11(13)5-3-4-8(6-11)12-15/h3-5,15H,6-7H2,1-2H3. The van der Waals surface area contributed by atoms with E-state index < -0.39 is 5.67 Å². The van der Waals surface area contributed by atoms with Gasteiger partial charge in [0.15, 0.2) is 0 Å². The Kier molecular flexibility index (Phi) is 2.66. The summed E-state index contributed by atoms with van der Waals surface area (Å²) in [6.07, 6.45) is 4.72. The van der Waals surface area contributed by atoms with Gasteiger partial charge >= 0.3 is 7.48 Å². The van der Waals surface area contributed by atoms with E-state index in [-0.39, 0.29) is 17.9 Å². The van der Waals surface area contributed by atoms with Crippen LogP contribution in [0.15, 0.2) is 28.7 Å². The molecule has 85 valence electrons. The third kappa shape index (κ3) is 2.05. The number of hydrogen-bond acceptors (Lipinski definition) is 3. The van der Waals surface area contributed by atoms with Gasteiger partial charge in [0.1, 0.15) is 6.61 Å². The Labute approximate surface area is 95.0 Å². The average molecular weight is 222 g/mol. The summed E-state index contributed by atoms with van der Waals surface area (Å²) in [5.74, 6) is 0.112. The monoisotopic (exact) mass is 222 g/mol. The first kappa shape index (κ1) is 11.4. The van der Waals surface area contributed by atoms with Crippen molar-refractivity contribution in [3.63, 3.8) is 0 Å². The molecule has 1 heterocycles. The molecule has 5 heteroatoms. The Morgan fingerprint density at radius 1 is 1.56 bits per heavy atom. The van der Waals surface area contributed by atoms with Gasteiger partial charge in [0.25, 0.3) is 0 Å². The normalized spacial score (nSPS) is 31.8. The van der Waals surface area contributed by atoms with E-state index in [9.17, 15) is 4.39 Å². The van der Waals surface area contributed by atoms with Gasteiger partial charge in [-0.05, 0) is 19.9 Å². The highest BCUT2D eigenvalue weighted by Crippen LogP contribution is 2.33. The van der Waals surface area contributed by atoms with Gasteiger partial charge in [-0.25, -0.2) is 9.38 Å². The number of halogens is 1. The Hall–Kier alpha value is -1.10. The van der Waals surface area contributed by atoms with Gasteiger partial charge in [0, 0.05) is 6.42 Å². The molecule has 0 aromatic heterocycles. The van der Waals surface area contributed by atoms with Crippen molar-refractivity contribution in [2.24, 2.45) is 4.99 Å². The van der Waals surface area contributed by atoms with Gasteiger partial charge in [0.2, 0.25) is 11.6 Å². The van der Waals surface area contributed by atoms with Crippen LogP contribution in [0.25, 0.3) is 0 Å². The lowest BCUT2D eigenvalue weighted by atomic mass is 9.77. The first-order chi connectivity index (χ1) is 7.45. The molecule has 1 atom stereocenters. The predicted octanol–water partition coefficient (Wildman–Crippen LogP) is 1.36. The molecular weight excluding hydrogens is 208 g/mol. The van der Waals surface area contributed by atoms with Crippen molar-refractivity contribution in [1.82, 2.24) is 0 Å². The number of nitrogens with zero attached hydrogens (tertiary/aromatic N) is 1. The average Bonchev–Trinajstić information content (AvgIpc) is 2.59. The van der Waals surface area contributed by atoms with Crippen molar-refractivity contribution in [3.05, 3.63) is 23.7 Å². The zero-order chi connectivity index (χ0) is 11.8. The van der Waals surface area contributed by atoms with Crippen LogP contribution in [0.1, 0.15) is 20.3 Å². The molecule has 0 saturated carbocycles. The lowest BCUT2D eigenvalue weighted by Crippen LogP contribution is -2.34. The van der Waals surface area contributed by atoms with Crippen LogP contribution >= 0.6 is 0 Å². The summed E-state index contributed by atoms with van der Waals surface area (Å²) in [6.45, 7) is 4.18. The van der Waals surface area contributed by atoms with E-state index in [2.05, 4.69) is 4.99 Å². The first-order valence-electron chi connectivity index (χ1n) is 5.23. The molecule has 2 rings (SSSR count). The van der Waals surface area contributed by atoms with Gasteiger partial charge in [-0.15, -0.1) is 0 Å². The topological polar surface area (TPSA) is 41.8 Å². The Morgan fingerprint density at radius 2 is 2.31 bits per heavy atom. The summed E-state index contributed by atoms with van der Waals surface area (Å²) < 4.78 is 19.8. The molecule has 0 amide bonds. The quantitative estimate of drug-likeness (QED) is 0.716. The smallest absolute Gasteiger partial charge is 0.322 e. The Bertz CT molecular complexity index is 389. The molecule has 0 aromatic carbocycles. The third-order valence-electron chi connectivity index (χ3n) is 2.62. The van der Waals surface area contributed by atoms with Crippen LogP contribution in [0.2, 0.25) is 0 Å². The van der Waals surface area contributed by atoms with E-state index in [0.29, 0.717) is 12.1 Å². The van der Waals surface area contributed by atoms with E-state index >= 15 is 0 Å². The molecule has 0 bridgehead atoms. The van der Waals surface area contributed by atoms with Crippen LogP contribution in [-0.2, 0) is 4.74 Å². The largest absolute Gasteiger partial charge is 0.476 e. The highest BCUT2D eigenvalue weighted by atomic mass is 19.1. The molecule has 0 spiro atoms. The molecule has 0 aromatic rings. The summed E-state index contributed by atoms with van der Waals surface area (Å²) in [7, 11) is 0.915. The number of rotatable bonds is 2. The van der Waals surface area contributed by atoms with Crippen LogP contribution in [0, 0.1) is 0 Å². The van der Waals surface area contributed by atoms with Gasteiger partial charge in [-0.3, -0.25) is 0 Å². The SMILES string of the molecule is CC1(C)COC(C2(F)C=CC=C([B]O)C2)=N1. The maximum absolute atomic E-state index is 14.5. The molecule has 1 unspecified atom stereocenters. The fourth-order valence-electron chi connectivity index (χ4n) is 1.77. The lowest BCUT2D eigenvalue weighted by molar-refractivity contribution is 0.221. The second-order valence-electron chi connectivity index (χ2n) is 4.79. The summed E-state index contributed by atoms with van der Waals surface area (Å²) in [5.41, 5.74) is -1.56. The molecule has 3 nitrogen and oxygen atoms in total. The number of alkyl halides is 1. The Morgan fingerprint density at radius 3 is 2.88 bits per heavy atom. The maximum Gasteiger partial charge on any atom is 0.322 e. The third-order valence-corrected chi connectivity index (χ3v) is 2.62. The molecule has 0 fully saturated rings. The van der Waals surface area contributed by atoms with Gasteiger partial charge < -0.3 is 9.76 Å². The van der Waals surface area contributed by atoms with Crippen molar-refractivity contribution >= 4 is 13.4 Å². The molecule has 0 saturated heterocycles. The minimum absolute atomic E-state index is 0.0644. The van der Waals surface area contributed by atoms with Gasteiger partial charge in [-0.1, -0.05) is 17.6 Å². The first-order valence-corrected chi connectivity index (χ1v) is 5.23. The van der Waals surface area contributed by atoms with E-state index in [1.54, 1.807) is 12.2 Å².